The van der Waals surface area contributed by atoms with E-state index >= 15 is 0 Å². The lowest BCUT2D eigenvalue weighted by atomic mass is 9.82. The van der Waals surface area contributed by atoms with Crippen LogP contribution < -0.4 is 5.32 Å². The van der Waals surface area contributed by atoms with Crippen LogP contribution in [0.3, 0.4) is 0 Å². The van der Waals surface area contributed by atoms with Crippen molar-refractivity contribution in [3.8, 4) is 0 Å². The van der Waals surface area contributed by atoms with Gasteiger partial charge in [-0.05, 0) is 31.9 Å². The Bertz CT molecular complexity index is 1450. The normalized spacial score (nSPS) is 32.5. The van der Waals surface area contributed by atoms with Crippen molar-refractivity contribution < 1.29 is 52.9 Å². The third-order valence-corrected chi connectivity index (χ3v) is 11.7. The molecule has 3 fully saturated rings. The maximum atomic E-state index is 13.3. The molecule has 236 valence electrons. The van der Waals surface area contributed by atoms with Gasteiger partial charge in [-0.2, -0.15) is 11.8 Å². The van der Waals surface area contributed by atoms with Crippen LogP contribution in [-0.2, 0) is 38.3 Å². The van der Waals surface area contributed by atoms with Crippen molar-refractivity contribution in [3.05, 3.63) is 36.1 Å². The van der Waals surface area contributed by atoms with E-state index in [1.165, 1.54) is 42.8 Å². The van der Waals surface area contributed by atoms with E-state index in [0.717, 1.165) is 0 Å². The maximum Gasteiger partial charge on any atom is 0.339 e. The van der Waals surface area contributed by atoms with Gasteiger partial charge in [0.2, 0.25) is 17.4 Å². The van der Waals surface area contributed by atoms with Gasteiger partial charge in [0, 0.05) is 29.1 Å². The number of carbonyl (C=O) groups excluding carboxylic acids is 3. The second-order valence-electron chi connectivity index (χ2n) is 11.1. The van der Waals surface area contributed by atoms with Crippen LogP contribution in [0.15, 0.2) is 34.1 Å². The zero-order valence-corrected chi connectivity index (χ0v) is 25.5. The fourth-order valence-electron chi connectivity index (χ4n) is 5.37. The van der Waals surface area contributed by atoms with Crippen LogP contribution >= 0.6 is 23.5 Å². The first-order valence-corrected chi connectivity index (χ1v) is 15.6. The summed E-state index contributed by atoms with van der Waals surface area (Å²) < 4.78 is 14.3. The molecule has 44 heavy (non-hydrogen) atoms. The smallest absolute Gasteiger partial charge is 0.339 e. The first kappa shape index (κ1) is 31.9. The first-order chi connectivity index (χ1) is 20.9. The Hall–Kier alpha value is -3.47. The van der Waals surface area contributed by atoms with E-state index in [1.807, 2.05) is 6.92 Å². The van der Waals surface area contributed by atoms with Crippen LogP contribution in [0.5, 0.6) is 0 Å². The van der Waals surface area contributed by atoms with Gasteiger partial charge in [-0.3, -0.25) is 9.59 Å². The number of fused-ring (bicyclic) bond motifs is 4. The minimum absolute atomic E-state index is 0.0183. The molecule has 0 spiro atoms. The number of thioether (sulfide) groups is 2. The van der Waals surface area contributed by atoms with Crippen LogP contribution in [-0.4, -0.2) is 102 Å². The van der Waals surface area contributed by atoms with Crippen molar-refractivity contribution in [2.24, 2.45) is 5.16 Å². The number of aliphatic carboxylic acids is 2. The largest absolute Gasteiger partial charge is 0.480 e. The van der Waals surface area contributed by atoms with Gasteiger partial charge in [0.25, 0.3) is 0 Å². The zero-order chi connectivity index (χ0) is 31.7. The average molecular weight is 650 g/mol. The number of carboxylic acid groups (broad SMARTS) is 2. The Kier molecular flexibility index (Phi) is 9.07. The molecule has 0 aromatic carbocycles. The second-order valence-corrected chi connectivity index (χ2v) is 14.3. The number of ether oxygens (including phenoxy) is 2. The molecule has 14 nitrogen and oxygen atoms in total. The molecular formula is C28H31N3O11S2. The number of hydrogen-bond donors (Lipinski definition) is 3. The van der Waals surface area contributed by atoms with Crippen LogP contribution in [0.1, 0.15) is 51.1 Å². The summed E-state index contributed by atoms with van der Waals surface area (Å²) in [5, 5.41) is 25.7. The van der Waals surface area contributed by atoms with Crippen LogP contribution in [0.2, 0.25) is 0 Å². The number of oxime groups is 1. The van der Waals surface area contributed by atoms with Crippen molar-refractivity contribution in [1.29, 1.82) is 0 Å². The van der Waals surface area contributed by atoms with Crippen LogP contribution in [0, 0.1) is 0 Å². The van der Waals surface area contributed by atoms with E-state index in [9.17, 15) is 34.2 Å². The SMILES string of the molecule is CC(=O)N[C@H](CS[C@H]1CC(=O)C=CC=Cc2coc(n2)C([C@H]2CO2)=NOC(=O)C[C@@]2([C@@]3(C(=O)O)CO3)CC[C@]1(C)S2)C(=O)O. The maximum absolute atomic E-state index is 13.3. The standard InChI is InChI=1S/C28H31N3O11S2/c1-15(32)29-18(24(35)36)13-43-20-9-17(33)6-4-3-5-16-11-40-23(30-16)22(19-12-39-19)31-42-21(34)10-27(8-7-26(20,2)44-27)28(14-41-28)25(37)38/h3-6,11,18-20H,7-10,12-14H2,1-2H3,(H,29,32)(H,35,36)(H,37,38)/t18-,19-,20+,26+,27-,28+/m1/s1. The van der Waals surface area contributed by atoms with Gasteiger partial charge in [-0.1, -0.05) is 17.3 Å². The predicted molar refractivity (Wildman–Crippen MR) is 157 cm³/mol. The minimum atomic E-state index is -1.66. The predicted octanol–water partition coefficient (Wildman–Crippen LogP) is 1.82. The highest BCUT2D eigenvalue weighted by molar-refractivity contribution is 8.05. The lowest BCUT2D eigenvalue weighted by Gasteiger charge is -2.37. The number of oxazole rings is 1. The van der Waals surface area contributed by atoms with Crippen molar-refractivity contribution in [3.63, 3.8) is 0 Å². The number of allylic oxidation sites excluding steroid dienone is 3. The number of aromatic nitrogens is 1. The molecule has 5 heterocycles. The minimum Gasteiger partial charge on any atom is -0.480 e. The fourth-order valence-corrected chi connectivity index (χ4v) is 9.20. The number of nitrogens with zero attached hydrogens (tertiary/aromatic N) is 2. The van der Waals surface area contributed by atoms with Gasteiger partial charge in [-0.25, -0.2) is 19.4 Å². The Morgan fingerprint density at radius 1 is 1.20 bits per heavy atom. The third-order valence-electron chi connectivity index (χ3n) is 7.89. The van der Waals surface area contributed by atoms with E-state index in [-0.39, 0.29) is 49.0 Å². The fraction of sp³-hybridized carbons (Fsp3) is 0.536. The Labute approximate surface area is 260 Å². The first-order valence-electron chi connectivity index (χ1n) is 13.8. The number of epoxide rings is 2. The zero-order valence-electron chi connectivity index (χ0n) is 23.8. The summed E-state index contributed by atoms with van der Waals surface area (Å²) in [6.07, 6.45) is 7.26. The third kappa shape index (κ3) is 6.77. The molecule has 3 saturated heterocycles. The molecule has 6 atom stereocenters. The Balaban J connectivity index is 1.50. The highest BCUT2D eigenvalue weighted by Crippen LogP contribution is 2.64. The van der Waals surface area contributed by atoms with Gasteiger partial charge in [0.05, 0.1) is 24.4 Å². The molecule has 4 aliphatic heterocycles. The van der Waals surface area contributed by atoms with Gasteiger partial charge in [0.1, 0.15) is 24.1 Å². The van der Waals surface area contributed by atoms with E-state index in [1.54, 1.807) is 18.2 Å². The number of nitrogens with one attached hydrogen (secondary N) is 1. The summed E-state index contributed by atoms with van der Waals surface area (Å²) in [6.45, 7) is 3.29. The van der Waals surface area contributed by atoms with Crippen molar-refractivity contribution in [2.45, 2.75) is 72.0 Å². The number of carboxylic acids is 2. The molecule has 1 aromatic heterocycles. The van der Waals surface area contributed by atoms with E-state index in [0.29, 0.717) is 18.7 Å². The molecule has 4 aliphatic rings. The molecule has 3 N–H and O–H groups in total. The molecule has 4 bridgehead atoms. The molecule has 16 heteroatoms. The highest BCUT2D eigenvalue weighted by Gasteiger charge is 2.72. The van der Waals surface area contributed by atoms with Gasteiger partial charge in [-0.15, -0.1) is 11.8 Å². The van der Waals surface area contributed by atoms with Crippen LogP contribution in [0.25, 0.3) is 6.08 Å². The topological polar surface area (TPSA) is 211 Å². The molecule has 5 rings (SSSR count). The van der Waals surface area contributed by atoms with E-state index in [4.69, 9.17) is 18.7 Å². The van der Waals surface area contributed by atoms with E-state index in [2.05, 4.69) is 15.5 Å². The van der Waals surface area contributed by atoms with Crippen molar-refractivity contribution >= 4 is 64.9 Å². The summed E-state index contributed by atoms with van der Waals surface area (Å²) in [5.41, 5.74) is -1.08. The lowest BCUT2D eigenvalue weighted by Crippen LogP contribution is -2.49. The van der Waals surface area contributed by atoms with Crippen molar-refractivity contribution in [1.82, 2.24) is 10.3 Å². The molecule has 1 aromatic rings. The summed E-state index contributed by atoms with van der Waals surface area (Å²) in [4.78, 5) is 72.0. The second kappa shape index (κ2) is 12.5. The van der Waals surface area contributed by atoms with Crippen molar-refractivity contribution in [2.75, 3.05) is 19.0 Å². The van der Waals surface area contributed by atoms with Gasteiger partial charge in [0.15, 0.2) is 11.5 Å². The molecular weight excluding hydrogens is 618 g/mol. The summed E-state index contributed by atoms with van der Waals surface area (Å²) in [5.74, 6) is -3.98. The van der Waals surface area contributed by atoms with Gasteiger partial charge < -0.3 is 34.3 Å². The molecule has 0 aliphatic carbocycles. The van der Waals surface area contributed by atoms with Crippen LogP contribution in [0.4, 0.5) is 0 Å². The average Bonchev–Trinajstić information content (AvgIpc) is 3.88. The summed E-state index contributed by atoms with van der Waals surface area (Å²) in [6, 6.07) is -1.21. The monoisotopic (exact) mass is 649 g/mol. The molecule has 0 radical (unpaired) electrons. The molecule has 1 amide bonds. The Morgan fingerprint density at radius 3 is 2.57 bits per heavy atom. The number of ketones is 1. The number of rotatable bonds is 8. The summed E-state index contributed by atoms with van der Waals surface area (Å²) in [7, 11) is 0. The number of hydrogen-bond acceptors (Lipinski definition) is 13. The Morgan fingerprint density at radius 2 is 1.93 bits per heavy atom. The summed E-state index contributed by atoms with van der Waals surface area (Å²) >= 11 is 2.44. The lowest BCUT2D eigenvalue weighted by molar-refractivity contribution is -0.148. The number of amides is 1. The highest BCUT2D eigenvalue weighted by atomic mass is 32.2. The molecule has 0 unspecified atom stereocenters. The van der Waals surface area contributed by atoms with E-state index < -0.39 is 56.3 Å². The quantitative estimate of drug-likeness (QED) is 0.271. The number of carbonyl (C=O) groups is 5. The van der Waals surface area contributed by atoms with Gasteiger partial charge >= 0.3 is 17.9 Å². The molecule has 0 saturated carbocycles.